The zero-order chi connectivity index (χ0) is 15.0. The smallest absolute Gasteiger partial charge is 0.207 e. The van der Waals surface area contributed by atoms with Crippen molar-refractivity contribution in [2.75, 3.05) is 18.8 Å². The molecule has 0 saturated carbocycles. The predicted molar refractivity (Wildman–Crippen MR) is 76.4 cm³/mol. The van der Waals surface area contributed by atoms with Crippen LogP contribution in [0.2, 0.25) is 0 Å². The summed E-state index contributed by atoms with van der Waals surface area (Å²) in [5, 5.41) is 8.80. The maximum Gasteiger partial charge on any atom is 0.243 e. The molecule has 4 nitrogen and oxygen atoms in total. The Balaban J connectivity index is 2.38. The molecule has 1 aromatic carbocycles. The highest BCUT2D eigenvalue weighted by Gasteiger charge is 2.34. The third-order valence-electron chi connectivity index (χ3n) is 3.09. The first-order chi connectivity index (χ1) is 9.26. The van der Waals surface area contributed by atoms with Gasteiger partial charge in [0.05, 0.1) is 10.5 Å². The Labute approximate surface area is 122 Å². The lowest BCUT2D eigenvalue weighted by molar-refractivity contribution is 0.387. The van der Waals surface area contributed by atoms with Crippen LogP contribution in [-0.2, 0) is 10.0 Å². The number of sulfonamides is 1. The molecule has 0 aliphatic carbocycles. The van der Waals surface area contributed by atoms with Crippen LogP contribution in [0.3, 0.4) is 0 Å². The summed E-state index contributed by atoms with van der Waals surface area (Å²) in [5.74, 6) is 0.0133. The Morgan fingerprint density at radius 3 is 2.75 bits per heavy atom. The minimum absolute atomic E-state index is 0.0295. The van der Waals surface area contributed by atoms with E-state index in [4.69, 9.17) is 5.26 Å². The van der Waals surface area contributed by atoms with E-state index in [1.807, 2.05) is 13.8 Å². The minimum atomic E-state index is -3.68. The van der Waals surface area contributed by atoms with Crippen molar-refractivity contribution in [2.45, 2.75) is 23.5 Å². The van der Waals surface area contributed by atoms with Crippen LogP contribution in [0.5, 0.6) is 0 Å². The third-order valence-corrected chi connectivity index (χ3v) is 6.23. The molecule has 0 radical (unpaired) electrons. The third kappa shape index (κ3) is 2.97. The highest BCUT2D eigenvalue weighted by Crippen LogP contribution is 2.32. The molecule has 20 heavy (non-hydrogen) atoms. The first-order valence-corrected chi connectivity index (χ1v) is 8.53. The van der Waals surface area contributed by atoms with Crippen LogP contribution in [0.4, 0.5) is 4.39 Å². The van der Waals surface area contributed by atoms with Crippen LogP contribution in [0, 0.1) is 17.1 Å². The number of hydrogen-bond acceptors (Lipinski definition) is 4. The maximum absolute atomic E-state index is 13.3. The minimum Gasteiger partial charge on any atom is -0.207 e. The van der Waals surface area contributed by atoms with Gasteiger partial charge in [-0.1, -0.05) is 0 Å². The fourth-order valence-corrected chi connectivity index (χ4v) is 5.02. The summed E-state index contributed by atoms with van der Waals surface area (Å²) in [6.45, 7) is 4.81. The topological polar surface area (TPSA) is 61.2 Å². The number of nitriles is 1. The van der Waals surface area contributed by atoms with Gasteiger partial charge in [-0.15, -0.1) is 0 Å². The van der Waals surface area contributed by atoms with Crippen molar-refractivity contribution < 1.29 is 12.8 Å². The number of nitrogens with zero attached hydrogens (tertiary/aromatic N) is 2. The number of thioether (sulfide) groups is 1. The van der Waals surface area contributed by atoms with Gasteiger partial charge in [0.1, 0.15) is 11.9 Å². The Hall–Kier alpha value is -1.10. The fourth-order valence-electron chi connectivity index (χ4n) is 2.08. The standard InChI is InChI=1S/C13H15FN2O2S2/c1-13(2)9-16(5-6-19-13)20(17,18)11-3-4-12(14)10(7-11)8-15/h3-4,7H,5-6,9H2,1-2H3. The van der Waals surface area contributed by atoms with E-state index in [-0.39, 0.29) is 15.2 Å². The summed E-state index contributed by atoms with van der Waals surface area (Å²) in [5.41, 5.74) is -0.253. The molecule has 1 saturated heterocycles. The van der Waals surface area contributed by atoms with E-state index >= 15 is 0 Å². The molecule has 0 unspecified atom stereocenters. The molecule has 2 rings (SSSR count). The van der Waals surface area contributed by atoms with Gasteiger partial charge in [0.2, 0.25) is 10.0 Å². The summed E-state index contributed by atoms with van der Waals surface area (Å²) < 4.78 is 39.6. The van der Waals surface area contributed by atoms with Crippen molar-refractivity contribution in [3.05, 3.63) is 29.6 Å². The zero-order valence-corrected chi connectivity index (χ0v) is 12.9. The summed E-state index contributed by atoms with van der Waals surface area (Å²) in [7, 11) is -3.68. The van der Waals surface area contributed by atoms with Crippen molar-refractivity contribution in [3.8, 4) is 6.07 Å². The number of rotatable bonds is 2. The van der Waals surface area contributed by atoms with Gasteiger partial charge >= 0.3 is 0 Å². The molecule has 1 aliphatic heterocycles. The van der Waals surface area contributed by atoms with E-state index in [9.17, 15) is 12.8 Å². The molecule has 0 spiro atoms. The Morgan fingerprint density at radius 1 is 1.45 bits per heavy atom. The van der Waals surface area contributed by atoms with Crippen molar-refractivity contribution in [1.82, 2.24) is 4.31 Å². The van der Waals surface area contributed by atoms with E-state index in [2.05, 4.69) is 0 Å². The van der Waals surface area contributed by atoms with Gasteiger partial charge in [0.15, 0.2) is 0 Å². The molecule has 0 atom stereocenters. The molecule has 1 aliphatic rings. The molecule has 0 N–H and O–H groups in total. The van der Waals surface area contributed by atoms with E-state index < -0.39 is 15.8 Å². The van der Waals surface area contributed by atoms with E-state index in [1.54, 1.807) is 17.8 Å². The molecule has 0 aromatic heterocycles. The number of benzene rings is 1. The van der Waals surface area contributed by atoms with E-state index in [0.29, 0.717) is 13.1 Å². The van der Waals surface area contributed by atoms with Crippen molar-refractivity contribution in [1.29, 1.82) is 5.26 Å². The van der Waals surface area contributed by atoms with E-state index in [1.165, 1.54) is 10.4 Å². The lowest BCUT2D eigenvalue weighted by Gasteiger charge is -2.36. The normalized spacial score (nSPS) is 19.5. The molecule has 1 fully saturated rings. The molecule has 7 heteroatoms. The van der Waals surface area contributed by atoms with Gasteiger partial charge in [0.25, 0.3) is 0 Å². The fraction of sp³-hybridized carbons (Fsp3) is 0.462. The zero-order valence-electron chi connectivity index (χ0n) is 11.3. The predicted octanol–water partition coefficient (Wildman–Crippen LogP) is 2.21. The SMILES string of the molecule is CC1(C)CN(S(=O)(=O)c2ccc(F)c(C#N)c2)CCS1. The van der Waals surface area contributed by atoms with Gasteiger partial charge in [0, 0.05) is 23.6 Å². The molecule has 0 bridgehead atoms. The van der Waals surface area contributed by atoms with Crippen LogP contribution in [0.25, 0.3) is 0 Å². The lowest BCUT2D eigenvalue weighted by atomic mass is 10.2. The van der Waals surface area contributed by atoms with Gasteiger partial charge in [-0.25, -0.2) is 12.8 Å². The first kappa shape index (κ1) is 15.3. The quantitative estimate of drug-likeness (QED) is 0.840. The lowest BCUT2D eigenvalue weighted by Crippen LogP contribution is -2.46. The average Bonchev–Trinajstić information content (AvgIpc) is 2.37. The molecule has 1 heterocycles. The molecule has 108 valence electrons. The largest absolute Gasteiger partial charge is 0.243 e. The number of hydrogen-bond donors (Lipinski definition) is 0. The van der Waals surface area contributed by atoms with Gasteiger partial charge < -0.3 is 0 Å². The molecular weight excluding hydrogens is 299 g/mol. The summed E-state index contributed by atoms with van der Waals surface area (Å²) >= 11 is 1.73. The van der Waals surface area contributed by atoms with Gasteiger partial charge in [-0.2, -0.15) is 21.3 Å². The van der Waals surface area contributed by atoms with Crippen LogP contribution in [0.1, 0.15) is 19.4 Å². The summed E-state index contributed by atoms with van der Waals surface area (Å²) in [6, 6.07) is 4.99. The van der Waals surface area contributed by atoms with Crippen LogP contribution >= 0.6 is 11.8 Å². The second-order valence-electron chi connectivity index (χ2n) is 5.20. The van der Waals surface area contributed by atoms with Crippen molar-refractivity contribution in [2.24, 2.45) is 0 Å². The van der Waals surface area contributed by atoms with Crippen LogP contribution in [-0.4, -0.2) is 36.3 Å². The number of halogens is 1. The maximum atomic E-state index is 13.3. The monoisotopic (exact) mass is 314 g/mol. The highest BCUT2D eigenvalue weighted by molar-refractivity contribution is 8.00. The highest BCUT2D eigenvalue weighted by atomic mass is 32.2. The van der Waals surface area contributed by atoms with Crippen LogP contribution in [0.15, 0.2) is 23.1 Å². The molecule has 1 aromatic rings. The Morgan fingerprint density at radius 2 is 2.15 bits per heavy atom. The average molecular weight is 314 g/mol. The molecule has 0 amide bonds. The van der Waals surface area contributed by atoms with Crippen LogP contribution < -0.4 is 0 Å². The van der Waals surface area contributed by atoms with E-state index in [0.717, 1.165) is 17.9 Å². The summed E-state index contributed by atoms with van der Waals surface area (Å²) in [4.78, 5) is -0.0295. The van der Waals surface area contributed by atoms with Gasteiger partial charge in [-0.3, -0.25) is 0 Å². The van der Waals surface area contributed by atoms with Crippen molar-refractivity contribution >= 4 is 21.8 Å². The molecular formula is C13H15FN2O2S2. The summed E-state index contributed by atoms with van der Waals surface area (Å²) in [6.07, 6.45) is 0. The second-order valence-corrected chi connectivity index (χ2v) is 8.94. The first-order valence-electron chi connectivity index (χ1n) is 6.10. The Kier molecular flexibility index (Phi) is 4.09. The van der Waals surface area contributed by atoms with Crippen molar-refractivity contribution in [3.63, 3.8) is 0 Å². The Bertz CT molecular complexity index is 665. The second kappa shape index (κ2) is 5.35. The van der Waals surface area contributed by atoms with Gasteiger partial charge in [-0.05, 0) is 32.0 Å².